The standard InChI is InChI=1S/C18H27NO2/c1-2-20-14-17-13-19(16-11-7-4-8-12-16)18(21-17)15-9-5-3-6-10-15/h3,5-6,9-10,16-18H,2,4,7-8,11-14H2,1H3. The third kappa shape index (κ3) is 3.65. The van der Waals surface area contributed by atoms with Gasteiger partial charge in [0.15, 0.2) is 0 Å². The van der Waals surface area contributed by atoms with E-state index in [1.54, 1.807) is 0 Å². The molecule has 0 radical (unpaired) electrons. The van der Waals surface area contributed by atoms with Gasteiger partial charge in [0.05, 0.1) is 12.7 Å². The highest BCUT2D eigenvalue weighted by molar-refractivity contribution is 5.18. The smallest absolute Gasteiger partial charge is 0.137 e. The highest BCUT2D eigenvalue weighted by Crippen LogP contribution is 2.36. The van der Waals surface area contributed by atoms with E-state index in [0.29, 0.717) is 12.6 Å². The summed E-state index contributed by atoms with van der Waals surface area (Å²) >= 11 is 0. The second-order valence-electron chi connectivity index (χ2n) is 6.17. The highest BCUT2D eigenvalue weighted by Gasteiger charge is 2.38. The van der Waals surface area contributed by atoms with E-state index in [1.165, 1.54) is 37.7 Å². The largest absolute Gasteiger partial charge is 0.379 e. The van der Waals surface area contributed by atoms with Crippen LogP contribution in [-0.4, -0.2) is 36.8 Å². The Bertz CT molecular complexity index is 416. The van der Waals surface area contributed by atoms with Crippen LogP contribution in [0, 0.1) is 0 Å². The van der Waals surface area contributed by atoms with Crippen LogP contribution in [0.25, 0.3) is 0 Å². The van der Waals surface area contributed by atoms with Crippen LogP contribution in [-0.2, 0) is 9.47 Å². The molecule has 0 spiro atoms. The Morgan fingerprint density at radius 3 is 2.62 bits per heavy atom. The zero-order valence-corrected chi connectivity index (χ0v) is 13.0. The topological polar surface area (TPSA) is 21.7 Å². The van der Waals surface area contributed by atoms with Crippen LogP contribution >= 0.6 is 0 Å². The number of nitrogens with zero attached hydrogens (tertiary/aromatic N) is 1. The van der Waals surface area contributed by atoms with Crippen LogP contribution < -0.4 is 0 Å². The molecule has 0 bridgehead atoms. The molecule has 0 N–H and O–H groups in total. The molecular formula is C18H27NO2. The van der Waals surface area contributed by atoms with Crippen molar-refractivity contribution in [2.75, 3.05) is 19.8 Å². The van der Waals surface area contributed by atoms with Gasteiger partial charge in [-0.05, 0) is 25.3 Å². The van der Waals surface area contributed by atoms with E-state index in [2.05, 4.69) is 35.2 Å². The van der Waals surface area contributed by atoms with E-state index in [1.807, 2.05) is 6.92 Å². The molecule has 1 aliphatic heterocycles. The molecule has 0 aromatic heterocycles. The molecule has 2 fully saturated rings. The Morgan fingerprint density at radius 2 is 1.90 bits per heavy atom. The minimum Gasteiger partial charge on any atom is -0.379 e. The van der Waals surface area contributed by atoms with E-state index >= 15 is 0 Å². The Morgan fingerprint density at radius 1 is 1.14 bits per heavy atom. The van der Waals surface area contributed by atoms with Crippen LogP contribution in [0.1, 0.15) is 50.8 Å². The van der Waals surface area contributed by atoms with Gasteiger partial charge in [-0.3, -0.25) is 4.90 Å². The fraction of sp³-hybridized carbons (Fsp3) is 0.667. The lowest BCUT2D eigenvalue weighted by atomic mass is 9.93. The fourth-order valence-corrected chi connectivity index (χ4v) is 3.62. The van der Waals surface area contributed by atoms with Gasteiger partial charge >= 0.3 is 0 Å². The maximum absolute atomic E-state index is 6.32. The minimum atomic E-state index is 0.111. The van der Waals surface area contributed by atoms with Gasteiger partial charge in [-0.25, -0.2) is 0 Å². The number of hydrogen-bond acceptors (Lipinski definition) is 3. The fourth-order valence-electron chi connectivity index (χ4n) is 3.62. The third-order valence-electron chi connectivity index (χ3n) is 4.67. The summed E-state index contributed by atoms with van der Waals surface area (Å²) in [6.07, 6.45) is 7.06. The minimum absolute atomic E-state index is 0.111. The number of ether oxygens (including phenoxy) is 2. The molecule has 1 heterocycles. The van der Waals surface area contributed by atoms with Crippen LogP contribution in [0.2, 0.25) is 0 Å². The molecule has 1 aliphatic carbocycles. The molecule has 1 saturated heterocycles. The average molecular weight is 289 g/mol. The number of hydrogen-bond donors (Lipinski definition) is 0. The Hall–Kier alpha value is -0.900. The molecule has 1 aromatic carbocycles. The van der Waals surface area contributed by atoms with Gasteiger partial charge in [0.25, 0.3) is 0 Å². The van der Waals surface area contributed by atoms with Crippen molar-refractivity contribution >= 4 is 0 Å². The van der Waals surface area contributed by atoms with Gasteiger partial charge in [0.1, 0.15) is 6.23 Å². The first-order valence-corrected chi connectivity index (χ1v) is 8.42. The molecule has 0 amide bonds. The van der Waals surface area contributed by atoms with Crippen molar-refractivity contribution in [2.24, 2.45) is 0 Å². The Balaban J connectivity index is 1.73. The van der Waals surface area contributed by atoms with E-state index in [-0.39, 0.29) is 12.3 Å². The molecule has 3 rings (SSSR count). The first-order valence-electron chi connectivity index (χ1n) is 8.42. The first kappa shape index (κ1) is 15.0. The lowest BCUT2D eigenvalue weighted by molar-refractivity contribution is -0.0444. The predicted octanol–water partition coefficient (Wildman–Crippen LogP) is 3.76. The molecule has 1 saturated carbocycles. The molecule has 2 unspecified atom stereocenters. The maximum atomic E-state index is 6.32. The third-order valence-corrected chi connectivity index (χ3v) is 4.67. The highest BCUT2D eigenvalue weighted by atomic mass is 16.6. The zero-order valence-electron chi connectivity index (χ0n) is 13.0. The van der Waals surface area contributed by atoms with Crippen molar-refractivity contribution in [3.8, 4) is 0 Å². The second-order valence-corrected chi connectivity index (χ2v) is 6.17. The Kier molecular flexibility index (Phi) is 5.28. The summed E-state index contributed by atoms with van der Waals surface area (Å²) in [6, 6.07) is 11.3. The van der Waals surface area contributed by atoms with E-state index in [9.17, 15) is 0 Å². The summed E-state index contributed by atoms with van der Waals surface area (Å²) in [5, 5.41) is 0. The molecule has 116 valence electrons. The number of benzene rings is 1. The zero-order chi connectivity index (χ0) is 14.5. The summed E-state index contributed by atoms with van der Waals surface area (Å²) in [5.74, 6) is 0. The van der Waals surface area contributed by atoms with Crippen LogP contribution in [0.3, 0.4) is 0 Å². The molecule has 2 aliphatic rings. The molecule has 3 heteroatoms. The molecule has 21 heavy (non-hydrogen) atoms. The predicted molar refractivity (Wildman–Crippen MR) is 84.1 cm³/mol. The Labute approximate surface area is 128 Å². The van der Waals surface area contributed by atoms with Crippen LogP contribution in [0.4, 0.5) is 0 Å². The summed E-state index contributed by atoms with van der Waals surface area (Å²) in [7, 11) is 0. The summed E-state index contributed by atoms with van der Waals surface area (Å²) in [5.41, 5.74) is 1.28. The lowest BCUT2D eigenvalue weighted by Crippen LogP contribution is -2.37. The summed E-state index contributed by atoms with van der Waals surface area (Å²) in [4.78, 5) is 2.58. The van der Waals surface area contributed by atoms with Crippen molar-refractivity contribution in [1.29, 1.82) is 0 Å². The van der Waals surface area contributed by atoms with Crippen molar-refractivity contribution in [3.63, 3.8) is 0 Å². The van der Waals surface area contributed by atoms with Gasteiger partial charge in [-0.1, -0.05) is 49.6 Å². The quantitative estimate of drug-likeness (QED) is 0.824. The van der Waals surface area contributed by atoms with E-state index < -0.39 is 0 Å². The normalized spacial score (nSPS) is 28.0. The summed E-state index contributed by atoms with van der Waals surface area (Å²) < 4.78 is 11.9. The van der Waals surface area contributed by atoms with Gasteiger partial charge in [-0.2, -0.15) is 0 Å². The van der Waals surface area contributed by atoms with Gasteiger partial charge < -0.3 is 9.47 Å². The molecule has 3 nitrogen and oxygen atoms in total. The van der Waals surface area contributed by atoms with Crippen LogP contribution in [0.5, 0.6) is 0 Å². The first-order chi connectivity index (χ1) is 10.4. The van der Waals surface area contributed by atoms with Crippen LogP contribution in [0.15, 0.2) is 30.3 Å². The SMILES string of the molecule is CCOCC1CN(C2CCCCC2)C(c2ccccc2)O1. The van der Waals surface area contributed by atoms with E-state index in [4.69, 9.17) is 9.47 Å². The maximum Gasteiger partial charge on any atom is 0.137 e. The van der Waals surface area contributed by atoms with Gasteiger partial charge in [-0.15, -0.1) is 0 Å². The van der Waals surface area contributed by atoms with Crippen molar-refractivity contribution in [1.82, 2.24) is 4.90 Å². The van der Waals surface area contributed by atoms with Gasteiger partial charge in [0.2, 0.25) is 0 Å². The molecule has 1 aromatic rings. The van der Waals surface area contributed by atoms with Crippen molar-refractivity contribution in [2.45, 2.75) is 57.4 Å². The monoisotopic (exact) mass is 289 g/mol. The van der Waals surface area contributed by atoms with E-state index in [0.717, 1.165) is 13.2 Å². The molecule has 2 atom stereocenters. The average Bonchev–Trinajstić information content (AvgIpc) is 2.99. The lowest BCUT2D eigenvalue weighted by Gasteiger charge is -2.34. The van der Waals surface area contributed by atoms with Crippen molar-refractivity contribution in [3.05, 3.63) is 35.9 Å². The number of rotatable bonds is 5. The summed E-state index contributed by atoms with van der Waals surface area (Å²) in [6.45, 7) is 4.52. The van der Waals surface area contributed by atoms with Crippen molar-refractivity contribution < 1.29 is 9.47 Å². The second kappa shape index (κ2) is 7.39. The molecular weight excluding hydrogens is 262 g/mol. The van der Waals surface area contributed by atoms with Gasteiger partial charge in [0, 0.05) is 19.2 Å².